The van der Waals surface area contributed by atoms with Gasteiger partial charge in [0.1, 0.15) is 5.15 Å². The summed E-state index contributed by atoms with van der Waals surface area (Å²) in [7, 11) is 1.96. The first-order chi connectivity index (χ1) is 20.3. The fourth-order valence-corrected chi connectivity index (χ4v) is 6.81. The van der Waals surface area contributed by atoms with Crippen LogP contribution in [-0.2, 0) is 7.05 Å². The molecule has 0 bridgehead atoms. The first kappa shape index (κ1) is 28.2. The highest BCUT2D eigenvalue weighted by molar-refractivity contribution is 6.29. The van der Waals surface area contributed by atoms with Crippen molar-refractivity contribution in [2.75, 3.05) is 11.9 Å². The highest BCUT2D eigenvalue weighted by Gasteiger charge is 2.44. The molecule has 8 heteroatoms. The molecule has 2 amide bonds. The number of benzene rings is 2. The number of nitrogens with zero attached hydrogens (tertiary/aromatic N) is 4. The smallest absolute Gasteiger partial charge is 0.257 e. The zero-order chi connectivity index (χ0) is 29.4. The highest BCUT2D eigenvalue weighted by atomic mass is 35.5. The van der Waals surface area contributed by atoms with Crippen LogP contribution in [0.3, 0.4) is 0 Å². The van der Waals surface area contributed by atoms with Crippen LogP contribution in [0.4, 0.5) is 5.69 Å². The summed E-state index contributed by atoms with van der Waals surface area (Å²) in [6.45, 7) is 4.96. The van der Waals surface area contributed by atoms with Crippen LogP contribution in [0.25, 0.3) is 11.3 Å². The second-order valence-electron chi connectivity index (χ2n) is 11.7. The fourth-order valence-electron chi connectivity index (χ4n) is 6.70. The predicted octanol–water partition coefficient (Wildman–Crippen LogP) is 7.13. The van der Waals surface area contributed by atoms with E-state index < -0.39 is 0 Å². The van der Waals surface area contributed by atoms with Crippen molar-refractivity contribution in [1.82, 2.24) is 19.7 Å². The quantitative estimate of drug-likeness (QED) is 0.246. The lowest BCUT2D eigenvalue weighted by molar-refractivity contribution is 0.0144. The Balaban J connectivity index is 1.22. The number of anilines is 1. The summed E-state index contributed by atoms with van der Waals surface area (Å²) >= 11 is 5.88. The number of halogens is 1. The summed E-state index contributed by atoms with van der Waals surface area (Å²) in [6, 6.07) is 19.9. The van der Waals surface area contributed by atoms with Gasteiger partial charge in [-0.05, 0) is 91.0 Å². The number of amides is 2. The second kappa shape index (κ2) is 11.7. The maximum atomic E-state index is 14.1. The Morgan fingerprint density at radius 1 is 0.976 bits per heavy atom. The number of aryl methyl sites for hydroxylation is 2. The van der Waals surface area contributed by atoms with Crippen LogP contribution in [0, 0.1) is 18.8 Å². The molecule has 6 rings (SSSR count). The van der Waals surface area contributed by atoms with Crippen LogP contribution < -0.4 is 5.32 Å². The Kier molecular flexibility index (Phi) is 7.86. The summed E-state index contributed by atoms with van der Waals surface area (Å²) in [5.74, 6) is 0.983. The predicted molar refractivity (Wildman–Crippen MR) is 166 cm³/mol. The maximum Gasteiger partial charge on any atom is 0.257 e. The molecule has 3 unspecified atom stereocenters. The first-order valence-electron chi connectivity index (χ1n) is 14.7. The molecule has 7 nitrogen and oxygen atoms in total. The molecule has 1 saturated heterocycles. The Hall–Kier alpha value is -3.97. The van der Waals surface area contributed by atoms with Gasteiger partial charge in [0.25, 0.3) is 11.8 Å². The summed E-state index contributed by atoms with van der Waals surface area (Å²) in [4.78, 5) is 33.1. The zero-order valence-corrected chi connectivity index (χ0v) is 25.0. The van der Waals surface area contributed by atoms with E-state index >= 15 is 0 Å². The Morgan fingerprint density at radius 3 is 2.38 bits per heavy atom. The molecule has 1 N–H and O–H groups in total. The van der Waals surface area contributed by atoms with Crippen molar-refractivity contribution in [1.29, 1.82) is 0 Å². The number of aromatic nitrogens is 3. The molecule has 2 aromatic heterocycles. The number of likely N-dealkylation sites (tertiary alicyclic amines) is 1. The number of rotatable bonds is 6. The number of hydrogen-bond acceptors (Lipinski definition) is 4. The first-order valence-corrected chi connectivity index (χ1v) is 15.1. The van der Waals surface area contributed by atoms with E-state index in [1.807, 2.05) is 49.1 Å². The normalized spacial score (nSPS) is 20.7. The van der Waals surface area contributed by atoms with E-state index in [-0.39, 0.29) is 17.9 Å². The van der Waals surface area contributed by atoms with E-state index in [4.69, 9.17) is 11.6 Å². The molecule has 3 heterocycles. The van der Waals surface area contributed by atoms with Gasteiger partial charge in [0.05, 0.1) is 11.3 Å². The zero-order valence-electron chi connectivity index (χ0n) is 24.3. The Morgan fingerprint density at radius 2 is 1.74 bits per heavy atom. The van der Waals surface area contributed by atoms with E-state index in [1.165, 1.54) is 18.2 Å². The Labute approximate surface area is 251 Å². The van der Waals surface area contributed by atoms with Crippen LogP contribution in [0.2, 0.25) is 5.15 Å². The molecule has 1 aliphatic heterocycles. The van der Waals surface area contributed by atoms with Crippen molar-refractivity contribution in [3.8, 4) is 11.3 Å². The molecule has 1 saturated carbocycles. The van der Waals surface area contributed by atoms with Gasteiger partial charge in [0.2, 0.25) is 0 Å². The number of hydrogen-bond donors (Lipinski definition) is 1. The van der Waals surface area contributed by atoms with Gasteiger partial charge < -0.3 is 10.2 Å². The maximum absolute atomic E-state index is 14.1. The fraction of sp³-hybridized carbons (Fsp3) is 0.353. The van der Waals surface area contributed by atoms with Crippen molar-refractivity contribution >= 4 is 29.1 Å². The van der Waals surface area contributed by atoms with Crippen molar-refractivity contribution < 1.29 is 9.59 Å². The minimum Gasteiger partial charge on any atom is -0.335 e. The van der Waals surface area contributed by atoms with Crippen LogP contribution in [0.5, 0.6) is 0 Å². The van der Waals surface area contributed by atoms with Gasteiger partial charge >= 0.3 is 0 Å². The van der Waals surface area contributed by atoms with E-state index in [1.54, 1.807) is 12.1 Å². The van der Waals surface area contributed by atoms with Gasteiger partial charge in [-0.3, -0.25) is 14.3 Å². The third-order valence-corrected chi connectivity index (χ3v) is 9.51. The van der Waals surface area contributed by atoms with Crippen LogP contribution in [0.15, 0.2) is 73.1 Å². The SMILES string of the molecule is Cc1ccc(C(=O)N2CCC(c3ccc(-c4ccnn4C)cc3)C(C)C2C2CCC2)cc1NC(=O)c1ccc(Cl)nc1. The molecule has 42 heavy (non-hydrogen) atoms. The number of carbonyl (C=O) groups excluding carboxylic acids is 2. The monoisotopic (exact) mass is 581 g/mol. The molecule has 1 aliphatic carbocycles. The number of pyridine rings is 1. The van der Waals surface area contributed by atoms with Gasteiger partial charge in [0, 0.05) is 43.3 Å². The molecule has 2 aromatic carbocycles. The third-order valence-electron chi connectivity index (χ3n) is 9.29. The standard InChI is InChI=1S/C34H36ClN5O2/c1-21-7-8-26(19-29(21)38-33(41)27-13-14-31(35)36-20-27)34(42)40-18-16-28(22(2)32(40)25-5-4-6-25)23-9-11-24(12-10-23)30-15-17-37-39(30)3/h7-15,17,19-20,22,25,28,32H,4-6,16,18H2,1-3H3,(H,38,41). The van der Waals surface area contributed by atoms with Crippen molar-refractivity contribution in [3.63, 3.8) is 0 Å². The average Bonchev–Trinajstić information content (AvgIpc) is 3.40. The molecule has 4 aromatic rings. The van der Waals surface area contributed by atoms with Gasteiger partial charge in [-0.15, -0.1) is 0 Å². The lowest BCUT2D eigenvalue weighted by Crippen LogP contribution is -2.55. The van der Waals surface area contributed by atoms with E-state index in [2.05, 4.69) is 51.5 Å². The van der Waals surface area contributed by atoms with Gasteiger partial charge in [0.15, 0.2) is 0 Å². The molecular formula is C34H36ClN5O2. The number of nitrogens with one attached hydrogen (secondary N) is 1. The number of carbonyl (C=O) groups is 2. The summed E-state index contributed by atoms with van der Waals surface area (Å²) in [6.07, 6.45) is 7.73. The largest absolute Gasteiger partial charge is 0.335 e. The van der Waals surface area contributed by atoms with Crippen LogP contribution in [-0.4, -0.2) is 44.1 Å². The number of piperidine rings is 1. The highest BCUT2D eigenvalue weighted by Crippen LogP contribution is 2.45. The van der Waals surface area contributed by atoms with Gasteiger partial charge in [-0.1, -0.05) is 55.3 Å². The van der Waals surface area contributed by atoms with Crippen molar-refractivity contribution in [2.24, 2.45) is 18.9 Å². The topological polar surface area (TPSA) is 80.1 Å². The lowest BCUT2D eigenvalue weighted by atomic mass is 9.67. The second-order valence-corrected chi connectivity index (χ2v) is 12.1. The van der Waals surface area contributed by atoms with Crippen molar-refractivity contribution in [2.45, 2.75) is 51.5 Å². The van der Waals surface area contributed by atoms with E-state index in [0.717, 1.165) is 36.1 Å². The minimum absolute atomic E-state index is 0.0346. The van der Waals surface area contributed by atoms with Crippen LogP contribution in [0.1, 0.15) is 70.4 Å². The lowest BCUT2D eigenvalue weighted by Gasteiger charge is -2.50. The average molecular weight is 582 g/mol. The molecule has 216 valence electrons. The molecule has 2 aliphatic rings. The van der Waals surface area contributed by atoms with Gasteiger partial charge in [-0.25, -0.2) is 4.98 Å². The minimum atomic E-state index is -0.289. The molecular weight excluding hydrogens is 546 g/mol. The van der Waals surface area contributed by atoms with Crippen LogP contribution >= 0.6 is 11.6 Å². The molecule has 2 fully saturated rings. The Bertz CT molecular complexity index is 1590. The summed E-state index contributed by atoms with van der Waals surface area (Å²) < 4.78 is 1.89. The van der Waals surface area contributed by atoms with E-state index in [0.29, 0.717) is 46.3 Å². The molecule has 0 radical (unpaired) electrons. The summed E-state index contributed by atoms with van der Waals surface area (Å²) in [5, 5.41) is 7.59. The van der Waals surface area contributed by atoms with Gasteiger partial charge in [-0.2, -0.15) is 5.10 Å². The third kappa shape index (κ3) is 5.45. The van der Waals surface area contributed by atoms with Crippen molar-refractivity contribution in [3.05, 3.63) is 100 Å². The van der Waals surface area contributed by atoms with E-state index in [9.17, 15) is 9.59 Å². The summed E-state index contributed by atoms with van der Waals surface area (Å²) in [5.41, 5.74) is 6.11. The molecule has 0 spiro atoms. The molecule has 3 atom stereocenters.